The molecular weight excluding hydrogens is 348 g/mol. The van der Waals surface area contributed by atoms with Gasteiger partial charge in [0.1, 0.15) is 0 Å². The third kappa shape index (κ3) is 27.0. The molecule has 0 aromatic carbocycles. The SMILES string of the molecule is C=C/C=C/C=C/C=C/CCCCCCCCCCCCCCCCCCCCC. The van der Waals surface area contributed by atoms with Gasteiger partial charge in [0.15, 0.2) is 0 Å². The first-order valence-corrected chi connectivity index (χ1v) is 13.0. The zero-order valence-corrected chi connectivity index (χ0v) is 19.9. The van der Waals surface area contributed by atoms with Crippen LogP contribution in [0.1, 0.15) is 135 Å². The monoisotopic (exact) mass is 400 g/mol. The van der Waals surface area contributed by atoms with Crippen LogP contribution < -0.4 is 0 Å². The molecule has 0 radical (unpaired) electrons. The van der Waals surface area contributed by atoms with E-state index in [-0.39, 0.29) is 0 Å². The smallest absolute Gasteiger partial charge is 0.0348 e. The molecule has 0 heterocycles. The zero-order valence-electron chi connectivity index (χ0n) is 19.9. The van der Waals surface area contributed by atoms with Gasteiger partial charge in [-0.1, -0.05) is 172 Å². The summed E-state index contributed by atoms with van der Waals surface area (Å²) in [6.07, 6.45) is 43.0. The summed E-state index contributed by atoms with van der Waals surface area (Å²) in [5, 5.41) is 0. The summed E-state index contributed by atoms with van der Waals surface area (Å²) in [5.74, 6) is 0. The number of hydrogen-bond acceptors (Lipinski definition) is 0. The molecule has 0 amide bonds. The van der Waals surface area contributed by atoms with Crippen molar-refractivity contribution >= 4 is 0 Å². The van der Waals surface area contributed by atoms with E-state index < -0.39 is 0 Å². The van der Waals surface area contributed by atoms with Gasteiger partial charge in [-0.3, -0.25) is 0 Å². The average molecular weight is 401 g/mol. The van der Waals surface area contributed by atoms with Crippen molar-refractivity contribution in [2.75, 3.05) is 0 Å². The predicted molar refractivity (Wildman–Crippen MR) is 136 cm³/mol. The van der Waals surface area contributed by atoms with Crippen molar-refractivity contribution in [1.29, 1.82) is 0 Å². The zero-order chi connectivity index (χ0) is 21.1. The summed E-state index contributed by atoms with van der Waals surface area (Å²) in [7, 11) is 0. The minimum Gasteiger partial charge on any atom is -0.0991 e. The molecule has 29 heavy (non-hydrogen) atoms. The molecule has 0 rings (SSSR count). The predicted octanol–water partition coefficient (Wildman–Crippen LogP) is 10.7. The summed E-state index contributed by atoms with van der Waals surface area (Å²) < 4.78 is 0. The summed E-state index contributed by atoms with van der Waals surface area (Å²) in [5.41, 5.74) is 0. The highest BCUT2D eigenvalue weighted by Crippen LogP contribution is 2.14. The Bertz CT molecular complexity index is 385. The molecule has 0 spiro atoms. The Balaban J connectivity index is 3.10. The van der Waals surface area contributed by atoms with E-state index >= 15 is 0 Å². The topological polar surface area (TPSA) is 0 Å². The third-order valence-electron chi connectivity index (χ3n) is 5.69. The van der Waals surface area contributed by atoms with Crippen molar-refractivity contribution in [2.24, 2.45) is 0 Å². The summed E-state index contributed by atoms with van der Waals surface area (Å²) in [6, 6.07) is 0. The number of rotatable bonds is 23. The van der Waals surface area contributed by atoms with E-state index in [2.05, 4.69) is 37.8 Å². The second-order valence-corrected chi connectivity index (χ2v) is 8.59. The van der Waals surface area contributed by atoms with Crippen LogP contribution in [0.25, 0.3) is 0 Å². The molecule has 0 fully saturated rings. The van der Waals surface area contributed by atoms with Gasteiger partial charge in [0.05, 0.1) is 0 Å². The van der Waals surface area contributed by atoms with Crippen LogP contribution in [0.4, 0.5) is 0 Å². The molecule has 0 heteroatoms. The van der Waals surface area contributed by atoms with E-state index in [0.29, 0.717) is 0 Å². The summed E-state index contributed by atoms with van der Waals surface area (Å²) in [6.45, 7) is 5.95. The Morgan fingerprint density at radius 3 is 1.17 bits per heavy atom. The van der Waals surface area contributed by atoms with Crippen molar-refractivity contribution in [3.8, 4) is 0 Å². The van der Waals surface area contributed by atoms with E-state index in [0.717, 1.165) is 0 Å². The lowest BCUT2D eigenvalue weighted by Crippen LogP contribution is -1.84. The molecule has 0 atom stereocenters. The largest absolute Gasteiger partial charge is 0.0991 e. The highest BCUT2D eigenvalue weighted by molar-refractivity contribution is 5.14. The van der Waals surface area contributed by atoms with Crippen LogP contribution in [-0.4, -0.2) is 0 Å². The molecule has 0 bridgehead atoms. The van der Waals surface area contributed by atoms with Gasteiger partial charge < -0.3 is 0 Å². The van der Waals surface area contributed by atoms with Crippen LogP contribution in [-0.2, 0) is 0 Å². The van der Waals surface area contributed by atoms with Gasteiger partial charge in [-0.2, -0.15) is 0 Å². The Morgan fingerprint density at radius 1 is 0.414 bits per heavy atom. The Morgan fingerprint density at radius 2 is 0.759 bits per heavy atom. The first kappa shape index (κ1) is 28.0. The first-order valence-electron chi connectivity index (χ1n) is 13.0. The fourth-order valence-electron chi connectivity index (χ4n) is 3.79. The quantitative estimate of drug-likeness (QED) is 0.118. The van der Waals surface area contributed by atoms with Crippen LogP contribution >= 0.6 is 0 Å². The molecular formula is C29H52. The highest BCUT2D eigenvalue weighted by atomic mass is 14.0. The van der Waals surface area contributed by atoms with E-state index in [1.807, 2.05) is 12.2 Å². The lowest BCUT2D eigenvalue weighted by atomic mass is 10.0. The molecule has 0 saturated heterocycles. The molecule has 168 valence electrons. The fourth-order valence-corrected chi connectivity index (χ4v) is 3.79. The minimum atomic E-state index is 1.22. The molecule has 0 unspecified atom stereocenters. The molecule has 0 aliphatic heterocycles. The van der Waals surface area contributed by atoms with Gasteiger partial charge in [0, 0.05) is 0 Å². The molecule has 0 aromatic heterocycles. The molecule has 0 saturated carbocycles. The number of unbranched alkanes of at least 4 members (excludes halogenated alkanes) is 19. The fraction of sp³-hybridized carbons (Fsp3) is 0.724. The maximum atomic E-state index is 3.65. The van der Waals surface area contributed by atoms with Crippen molar-refractivity contribution in [3.05, 3.63) is 49.1 Å². The number of hydrogen-bond donors (Lipinski definition) is 0. The normalized spacial score (nSPS) is 12.0. The highest BCUT2D eigenvalue weighted by Gasteiger charge is 1.95. The molecule has 0 N–H and O–H groups in total. The average Bonchev–Trinajstić information content (AvgIpc) is 2.74. The van der Waals surface area contributed by atoms with Gasteiger partial charge in [0.2, 0.25) is 0 Å². The van der Waals surface area contributed by atoms with Gasteiger partial charge in [-0.25, -0.2) is 0 Å². The summed E-state index contributed by atoms with van der Waals surface area (Å²) in [4.78, 5) is 0. The first-order chi connectivity index (χ1) is 14.4. The molecule has 0 aliphatic carbocycles. The van der Waals surface area contributed by atoms with Crippen LogP contribution in [0, 0.1) is 0 Å². The Kier molecular flexibility index (Phi) is 26.0. The number of allylic oxidation sites excluding steroid dienone is 7. The van der Waals surface area contributed by atoms with Crippen LogP contribution in [0.2, 0.25) is 0 Å². The van der Waals surface area contributed by atoms with Crippen LogP contribution in [0.15, 0.2) is 49.1 Å². The van der Waals surface area contributed by atoms with Gasteiger partial charge in [-0.15, -0.1) is 0 Å². The van der Waals surface area contributed by atoms with E-state index in [9.17, 15) is 0 Å². The van der Waals surface area contributed by atoms with Gasteiger partial charge in [-0.05, 0) is 12.8 Å². The Hall–Kier alpha value is -1.04. The van der Waals surface area contributed by atoms with E-state index in [1.54, 1.807) is 6.08 Å². The van der Waals surface area contributed by atoms with Crippen molar-refractivity contribution in [1.82, 2.24) is 0 Å². The van der Waals surface area contributed by atoms with Crippen molar-refractivity contribution in [2.45, 2.75) is 135 Å². The molecule has 0 aromatic rings. The van der Waals surface area contributed by atoms with E-state index in [1.165, 1.54) is 128 Å². The van der Waals surface area contributed by atoms with Crippen LogP contribution in [0.5, 0.6) is 0 Å². The second kappa shape index (κ2) is 27.0. The lowest BCUT2D eigenvalue weighted by molar-refractivity contribution is 0.523. The second-order valence-electron chi connectivity index (χ2n) is 8.59. The maximum absolute atomic E-state index is 3.65. The standard InChI is InChI=1S/C29H52/c1-3-5-7-9-11-13-15-17-19-21-23-25-27-29-28-26-24-22-20-18-16-14-12-10-8-6-4-2/h3,5,7,9,11,13,15H,1,4,6,8,10,12,14,16-29H2,2H3/b7-5+,11-9+,15-13+. The van der Waals surface area contributed by atoms with Gasteiger partial charge >= 0.3 is 0 Å². The van der Waals surface area contributed by atoms with Gasteiger partial charge in [0.25, 0.3) is 0 Å². The molecule has 0 aliphatic rings. The van der Waals surface area contributed by atoms with Crippen molar-refractivity contribution < 1.29 is 0 Å². The minimum absolute atomic E-state index is 1.22. The Labute approximate surface area is 184 Å². The summed E-state index contributed by atoms with van der Waals surface area (Å²) >= 11 is 0. The third-order valence-corrected chi connectivity index (χ3v) is 5.69. The molecule has 0 nitrogen and oxygen atoms in total. The van der Waals surface area contributed by atoms with Crippen LogP contribution in [0.3, 0.4) is 0 Å². The van der Waals surface area contributed by atoms with Crippen molar-refractivity contribution in [3.63, 3.8) is 0 Å². The lowest BCUT2D eigenvalue weighted by Gasteiger charge is -2.03. The van der Waals surface area contributed by atoms with E-state index in [4.69, 9.17) is 0 Å². The maximum Gasteiger partial charge on any atom is -0.0348 e.